The topological polar surface area (TPSA) is 9.23 Å². The molecule has 0 aromatic rings. The molecule has 11 heavy (non-hydrogen) atoms. The molecule has 4 rings (SSSR count). The molecule has 4 fully saturated rings. The van der Waals surface area contributed by atoms with Crippen LogP contribution in [0.5, 0.6) is 0 Å². The van der Waals surface area contributed by atoms with Crippen LogP contribution in [0.15, 0.2) is 0 Å². The summed E-state index contributed by atoms with van der Waals surface area (Å²) in [7, 11) is 0. The van der Waals surface area contributed by atoms with E-state index in [1.165, 1.54) is 38.5 Å². The van der Waals surface area contributed by atoms with Crippen molar-refractivity contribution < 1.29 is 4.74 Å². The van der Waals surface area contributed by atoms with Gasteiger partial charge >= 0.3 is 0 Å². The van der Waals surface area contributed by atoms with Crippen LogP contribution in [0.3, 0.4) is 0 Å². The molecule has 2 saturated carbocycles. The Balaban J connectivity index is 1.90. The van der Waals surface area contributed by atoms with Crippen LogP contribution in [0.25, 0.3) is 0 Å². The predicted octanol–water partition coefficient (Wildman–Crippen LogP) is 2.35. The average Bonchev–Trinajstić information content (AvgIpc) is 2.18. The van der Waals surface area contributed by atoms with Crippen molar-refractivity contribution in [3.05, 3.63) is 0 Å². The van der Waals surface area contributed by atoms with Crippen molar-refractivity contribution in [1.29, 1.82) is 0 Å². The van der Waals surface area contributed by atoms with Crippen molar-refractivity contribution in [1.82, 2.24) is 0 Å². The van der Waals surface area contributed by atoms with E-state index in [0.29, 0.717) is 12.2 Å². The maximum absolute atomic E-state index is 5.95. The Morgan fingerprint density at radius 1 is 0.727 bits per heavy atom. The van der Waals surface area contributed by atoms with Crippen LogP contribution in [0.1, 0.15) is 38.5 Å². The van der Waals surface area contributed by atoms with E-state index in [0.717, 1.165) is 11.8 Å². The van der Waals surface area contributed by atoms with Crippen molar-refractivity contribution in [2.75, 3.05) is 0 Å². The van der Waals surface area contributed by atoms with Crippen LogP contribution in [0.2, 0.25) is 0 Å². The minimum Gasteiger partial charge on any atom is -0.375 e. The summed E-state index contributed by atoms with van der Waals surface area (Å²) in [6.45, 7) is 0. The Labute approximate surface area is 68.1 Å². The number of rotatable bonds is 0. The van der Waals surface area contributed by atoms with Crippen molar-refractivity contribution in [2.45, 2.75) is 50.7 Å². The molecule has 4 aliphatic rings. The van der Waals surface area contributed by atoms with Gasteiger partial charge in [-0.1, -0.05) is 0 Å². The highest BCUT2D eigenvalue weighted by Gasteiger charge is 2.39. The van der Waals surface area contributed by atoms with Gasteiger partial charge in [0.25, 0.3) is 0 Å². The van der Waals surface area contributed by atoms with E-state index in [2.05, 4.69) is 0 Å². The van der Waals surface area contributed by atoms with Crippen LogP contribution in [-0.4, -0.2) is 12.2 Å². The lowest BCUT2D eigenvalue weighted by Crippen LogP contribution is -2.35. The van der Waals surface area contributed by atoms with Gasteiger partial charge in [-0.05, 0) is 50.4 Å². The zero-order valence-electron chi connectivity index (χ0n) is 6.96. The minimum atomic E-state index is 0.659. The molecule has 0 aromatic heterocycles. The lowest BCUT2D eigenvalue weighted by atomic mass is 9.78. The molecule has 2 saturated heterocycles. The summed E-state index contributed by atoms with van der Waals surface area (Å²) in [5.41, 5.74) is 0. The van der Waals surface area contributed by atoms with E-state index >= 15 is 0 Å². The van der Waals surface area contributed by atoms with E-state index < -0.39 is 0 Å². The fourth-order valence-electron chi connectivity index (χ4n) is 3.35. The van der Waals surface area contributed by atoms with Crippen molar-refractivity contribution in [3.63, 3.8) is 0 Å². The number of ether oxygens (including phenoxy) is 1. The van der Waals surface area contributed by atoms with Gasteiger partial charge in [-0.15, -0.1) is 0 Å². The number of hydrogen-bond acceptors (Lipinski definition) is 1. The second-order valence-corrected chi connectivity index (χ2v) is 4.63. The molecule has 1 heteroatoms. The van der Waals surface area contributed by atoms with Crippen LogP contribution in [-0.2, 0) is 4.74 Å². The quantitative estimate of drug-likeness (QED) is 0.517. The first-order chi connectivity index (χ1) is 5.40. The van der Waals surface area contributed by atoms with E-state index in [-0.39, 0.29) is 0 Å². The standard InChI is InChI=1S/C10H16O/c1-2-9-5-8-3-7(1)4-10(6-8)11-9/h7-10H,1-6H2. The molecule has 0 radical (unpaired) electrons. The molecular formula is C10H16O. The van der Waals surface area contributed by atoms with Gasteiger partial charge in [0, 0.05) is 0 Å². The van der Waals surface area contributed by atoms with Gasteiger partial charge in [-0.2, -0.15) is 0 Å². The predicted molar refractivity (Wildman–Crippen MR) is 43.3 cm³/mol. The van der Waals surface area contributed by atoms with Crippen LogP contribution < -0.4 is 0 Å². The van der Waals surface area contributed by atoms with Gasteiger partial charge < -0.3 is 4.74 Å². The summed E-state index contributed by atoms with van der Waals surface area (Å²) in [4.78, 5) is 0. The summed E-state index contributed by atoms with van der Waals surface area (Å²) in [5, 5.41) is 0. The third-order valence-electron chi connectivity index (χ3n) is 3.74. The smallest absolute Gasteiger partial charge is 0.0584 e. The first-order valence-corrected chi connectivity index (χ1v) is 5.05. The first kappa shape index (κ1) is 6.47. The van der Waals surface area contributed by atoms with Crippen molar-refractivity contribution in [3.8, 4) is 0 Å². The molecular weight excluding hydrogens is 136 g/mol. The molecule has 2 aliphatic heterocycles. The van der Waals surface area contributed by atoms with Crippen LogP contribution in [0, 0.1) is 11.8 Å². The monoisotopic (exact) mass is 152 g/mol. The van der Waals surface area contributed by atoms with Gasteiger partial charge in [0.1, 0.15) is 0 Å². The molecule has 62 valence electrons. The summed E-state index contributed by atoms with van der Waals surface area (Å²) < 4.78 is 5.95. The largest absolute Gasteiger partial charge is 0.375 e. The Bertz CT molecular complexity index is 132. The van der Waals surface area contributed by atoms with Crippen molar-refractivity contribution in [2.24, 2.45) is 11.8 Å². The highest BCUT2D eigenvalue weighted by Crippen LogP contribution is 2.45. The third-order valence-corrected chi connectivity index (χ3v) is 3.74. The zero-order valence-corrected chi connectivity index (χ0v) is 6.96. The normalized spacial score (nSPS) is 54.5. The van der Waals surface area contributed by atoms with Crippen LogP contribution in [0.4, 0.5) is 0 Å². The molecule has 0 amide bonds. The molecule has 2 heterocycles. The lowest BCUT2D eigenvalue weighted by Gasteiger charge is -2.38. The van der Waals surface area contributed by atoms with Gasteiger partial charge in [0.2, 0.25) is 0 Å². The molecule has 4 unspecified atom stereocenters. The maximum Gasteiger partial charge on any atom is 0.0584 e. The Morgan fingerprint density at radius 2 is 1.55 bits per heavy atom. The number of fused-ring (bicyclic) bond motifs is 1. The molecule has 0 spiro atoms. The van der Waals surface area contributed by atoms with Gasteiger partial charge in [-0.3, -0.25) is 0 Å². The van der Waals surface area contributed by atoms with E-state index in [1.807, 2.05) is 0 Å². The molecule has 0 N–H and O–H groups in total. The molecule has 0 aromatic carbocycles. The fraction of sp³-hybridized carbons (Fsp3) is 1.00. The summed E-state index contributed by atoms with van der Waals surface area (Å²) in [6, 6.07) is 0. The van der Waals surface area contributed by atoms with Crippen molar-refractivity contribution >= 4 is 0 Å². The van der Waals surface area contributed by atoms with Gasteiger partial charge in [0.05, 0.1) is 12.2 Å². The fourth-order valence-corrected chi connectivity index (χ4v) is 3.35. The first-order valence-electron chi connectivity index (χ1n) is 5.05. The number of hydrogen-bond donors (Lipinski definition) is 0. The van der Waals surface area contributed by atoms with E-state index in [4.69, 9.17) is 4.74 Å². The molecule has 1 nitrogen and oxygen atoms in total. The third kappa shape index (κ3) is 1.01. The Hall–Kier alpha value is -0.0400. The lowest BCUT2D eigenvalue weighted by molar-refractivity contribution is -0.0840. The molecule has 4 atom stereocenters. The van der Waals surface area contributed by atoms with Gasteiger partial charge in [-0.25, -0.2) is 0 Å². The summed E-state index contributed by atoms with van der Waals surface area (Å²) >= 11 is 0. The second kappa shape index (κ2) is 2.22. The van der Waals surface area contributed by atoms with Gasteiger partial charge in [0.15, 0.2) is 0 Å². The SMILES string of the molecule is C1CC2CC3CC1CC(C3)O2. The molecule has 2 aliphatic carbocycles. The average molecular weight is 152 g/mol. The zero-order chi connectivity index (χ0) is 7.26. The Kier molecular flexibility index (Phi) is 1.31. The second-order valence-electron chi connectivity index (χ2n) is 4.63. The van der Waals surface area contributed by atoms with Crippen LogP contribution >= 0.6 is 0 Å². The van der Waals surface area contributed by atoms with E-state index in [1.54, 1.807) is 0 Å². The summed E-state index contributed by atoms with van der Waals surface area (Å²) in [6.07, 6.45) is 9.81. The molecule has 4 bridgehead atoms. The maximum atomic E-state index is 5.95. The highest BCUT2D eigenvalue weighted by molar-refractivity contribution is 4.89. The van der Waals surface area contributed by atoms with E-state index in [9.17, 15) is 0 Å². The highest BCUT2D eigenvalue weighted by atomic mass is 16.5. The summed E-state index contributed by atoms with van der Waals surface area (Å²) in [5.74, 6) is 2.08. The minimum absolute atomic E-state index is 0.659. The Morgan fingerprint density at radius 3 is 2.45 bits per heavy atom.